The van der Waals surface area contributed by atoms with Gasteiger partial charge in [0.25, 0.3) is 0 Å². The number of hydrogen-bond donors (Lipinski definition) is 0. The summed E-state index contributed by atoms with van der Waals surface area (Å²) in [6, 6.07) is 7.77. The van der Waals surface area contributed by atoms with Gasteiger partial charge in [-0.2, -0.15) is 4.98 Å². The Morgan fingerprint density at radius 1 is 1.25 bits per heavy atom. The van der Waals surface area contributed by atoms with E-state index in [1.54, 1.807) is 11.8 Å². The van der Waals surface area contributed by atoms with Crippen molar-refractivity contribution < 1.29 is 4.52 Å². The van der Waals surface area contributed by atoms with E-state index in [1.807, 2.05) is 31.2 Å². The number of benzene rings is 1. The van der Waals surface area contributed by atoms with E-state index < -0.39 is 0 Å². The summed E-state index contributed by atoms with van der Waals surface area (Å²) in [6.07, 6.45) is 4.15. The van der Waals surface area contributed by atoms with E-state index in [1.165, 1.54) is 12.8 Å². The third-order valence-electron chi connectivity index (χ3n) is 4.66. The first-order valence-corrected chi connectivity index (χ1v) is 10.9. The molecule has 0 N–H and O–H groups in total. The Kier molecular flexibility index (Phi) is 5.87. The number of anilines is 1. The first-order chi connectivity index (χ1) is 13.7. The molecule has 3 aromatic rings. The summed E-state index contributed by atoms with van der Waals surface area (Å²) in [7, 11) is 0. The lowest BCUT2D eigenvalue weighted by atomic mass is 10.3. The zero-order chi connectivity index (χ0) is 19.5. The third-order valence-corrected chi connectivity index (χ3v) is 5.92. The number of rotatable bonds is 7. The van der Waals surface area contributed by atoms with Gasteiger partial charge < -0.3 is 9.42 Å². The molecule has 148 valence electrons. The number of aryl methyl sites for hydroxylation is 1. The summed E-state index contributed by atoms with van der Waals surface area (Å²) >= 11 is 7.81. The van der Waals surface area contributed by atoms with Gasteiger partial charge >= 0.3 is 0 Å². The molecule has 1 aliphatic heterocycles. The molecule has 4 rings (SSSR count). The summed E-state index contributed by atoms with van der Waals surface area (Å²) in [4.78, 5) is 6.78. The Hall–Kier alpha value is -2.06. The molecule has 0 unspecified atom stereocenters. The molecule has 0 bridgehead atoms. The second-order valence-electron chi connectivity index (χ2n) is 6.85. The van der Waals surface area contributed by atoms with Crippen LogP contribution in [0.4, 0.5) is 5.95 Å². The average molecular weight is 419 g/mol. The molecule has 9 heteroatoms. The van der Waals surface area contributed by atoms with Crippen molar-refractivity contribution in [1.82, 2.24) is 24.9 Å². The van der Waals surface area contributed by atoms with Gasteiger partial charge in [0.2, 0.25) is 11.8 Å². The van der Waals surface area contributed by atoms with Crippen molar-refractivity contribution in [3.8, 4) is 5.69 Å². The summed E-state index contributed by atoms with van der Waals surface area (Å²) in [5.41, 5.74) is 0.950. The van der Waals surface area contributed by atoms with Crippen LogP contribution in [0.3, 0.4) is 0 Å². The van der Waals surface area contributed by atoms with Crippen molar-refractivity contribution in [2.24, 2.45) is 0 Å². The van der Waals surface area contributed by atoms with Crippen LogP contribution in [0.2, 0.25) is 5.02 Å². The molecule has 1 saturated heterocycles. The smallest absolute Gasteiger partial charge is 0.239 e. The van der Waals surface area contributed by atoms with Gasteiger partial charge in [0.15, 0.2) is 11.0 Å². The number of aromatic nitrogens is 5. The maximum atomic E-state index is 6.25. The summed E-state index contributed by atoms with van der Waals surface area (Å²) in [5, 5.41) is 14.5. The third kappa shape index (κ3) is 4.03. The highest BCUT2D eigenvalue weighted by molar-refractivity contribution is 7.99. The van der Waals surface area contributed by atoms with Crippen molar-refractivity contribution in [2.45, 2.75) is 49.9 Å². The van der Waals surface area contributed by atoms with Crippen molar-refractivity contribution in [2.75, 3.05) is 18.0 Å². The van der Waals surface area contributed by atoms with Crippen LogP contribution >= 0.6 is 23.4 Å². The number of halogens is 1. The maximum Gasteiger partial charge on any atom is 0.239 e. The van der Waals surface area contributed by atoms with Crippen LogP contribution in [0.5, 0.6) is 0 Å². The molecule has 28 heavy (non-hydrogen) atoms. The quantitative estimate of drug-likeness (QED) is 0.514. The van der Waals surface area contributed by atoms with Crippen LogP contribution in [0, 0.1) is 0 Å². The Bertz CT molecular complexity index is 936. The molecule has 1 aromatic carbocycles. The fraction of sp³-hybridized carbons (Fsp3) is 0.474. The van der Waals surface area contributed by atoms with Gasteiger partial charge in [-0.3, -0.25) is 4.57 Å². The van der Waals surface area contributed by atoms with Crippen LogP contribution in [-0.4, -0.2) is 38.0 Å². The fourth-order valence-corrected chi connectivity index (χ4v) is 4.35. The SMILES string of the molecule is CCCc1noc([C@@H](C)Sc2nnc(N3CCCC3)n2-c2cccc(Cl)c2)n1. The topological polar surface area (TPSA) is 72.9 Å². The van der Waals surface area contributed by atoms with Crippen molar-refractivity contribution >= 4 is 29.3 Å². The monoisotopic (exact) mass is 418 g/mol. The van der Waals surface area contributed by atoms with E-state index in [4.69, 9.17) is 16.1 Å². The maximum absolute atomic E-state index is 6.25. The van der Waals surface area contributed by atoms with Crippen molar-refractivity contribution in [1.29, 1.82) is 0 Å². The summed E-state index contributed by atoms with van der Waals surface area (Å²) < 4.78 is 7.52. The van der Waals surface area contributed by atoms with Crippen LogP contribution < -0.4 is 4.90 Å². The van der Waals surface area contributed by atoms with Crippen LogP contribution in [0.1, 0.15) is 50.1 Å². The Morgan fingerprint density at radius 3 is 2.82 bits per heavy atom. The first kappa shape index (κ1) is 19.3. The first-order valence-electron chi connectivity index (χ1n) is 9.61. The molecule has 0 radical (unpaired) electrons. The molecular weight excluding hydrogens is 396 g/mol. The predicted molar refractivity (Wildman–Crippen MR) is 110 cm³/mol. The van der Waals surface area contributed by atoms with E-state index in [0.717, 1.165) is 48.5 Å². The molecule has 1 aliphatic rings. The molecular formula is C19H23ClN6OS. The van der Waals surface area contributed by atoms with Gasteiger partial charge in [-0.15, -0.1) is 10.2 Å². The Labute approximate surface area is 173 Å². The molecule has 0 amide bonds. The van der Waals surface area contributed by atoms with Crippen molar-refractivity contribution in [3.05, 3.63) is 41.0 Å². The number of thioether (sulfide) groups is 1. The van der Waals surface area contributed by atoms with Crippen molar-refractivity contribution in [3.63, 3.8) is 0 Å². The summed E-state index contributed by atoms with van der Waals surface area (Å²) in [5.74, 6) is 2.21. The zero-order valence-electron chi connectivity index (χ0n) is 16.0. The molecule has 1 atom stereocenters. The lowest BCUT2D eigenvalue weighted by Crippen LogP contribution is -2.22. The Morgan fingerprint density at radius 2 is 2.07 bits per heavy atom. The minimum Gasteiger partial charge on any atom is -0.341 e. The lowest BCUT2D eigenvalue weighted by molar-refractivity contribution is 0.374. The van der Waals surface area contributed by atoms with Crippen LogP contribution in [0.25, 0.3) is 5.69 Å². The zero-order valence-corrected chi connectivity index (χ0v) is 17.6. The standard InChI is InChI=1S/C19H23ClN6OS/c1-3-7-16-21-17(27-24-16)13(2)28-19-23-22-18(25-10-4-5-11-25)26(19)15-9-6-8-14(20)12-15/h6,8-9,12-13H,3-5,7,10-11H2,1-2H3/t13-/m1/s1. The highest BCUT2D eigenvalue weighted by Crippen LogP contribution is 2.37. The van der Waals surface area contributed by atoms with E-state index in [0.29, 0.717) is 10.9 Å². The molecule has 0 aliphatic carbocycles. The van der Waals surface area contributed by atoms with Gasteiger partial charge in [0, 0.05) is 24.5 Å². The highest BCUT2D eigenvalue weighted by Gasteiger charge is 2.25. The summed E-state index contributed by atoms with van der Waals surface area (Å²) in [6.45, 7) is 6.12. The van der Waals surface area contributed by atoms with Gasteiger partial charge in [-0.1, -0.05) is 41.5 Å². The molecule has 1 fully saturated rings. The van der Waals surface area contributed by atoms with E-state index in [9.17, 15) is 0 Å². The Balaban J connectivity index is 1.66. The molecule has 0 saturated carbocycles. The number of nitrogens with zero attached hydrogens (tertiary/aromatic N) is 6. The van der Waals surface area contributed by atoms with Crippen LogP contribution in [-0.2, 0) is 6.42 Å². The normalized spacial score (nSPS) is 15.3. The fourth-order valence-electron chi connectivity index (χ4n) is 3.27. The molecule has 3 heterocycles. The van der Waals surface area contributed by atoms with E-state index in [2.05, 4.69) is 36.7 Å². The van der Waals surface area contributed by atoms with Gasteiger partial charge in [-0.05, 0) is 44.4 Å². The minimum absolute atomic E-state index is 0.0355. The predicted octanol–water partition coefficient (Wildman–Crippen LogP) is 4.71. The largest absolute Gasteiger partial charge is 0.341 e. The minimum atomic E-state index is -0.0355. The highest BCUT2D eigenvalue weighted by atomic mass is 35.5. The average Bonchev–Trinajstić information content (AvgIpc) is 3.42. The second kappa shape index (κ2) is 8.53. The molecule has 2 aromatic heterocycles. The van der Waals surface area contributed by atoms with E-state index in [-0.39, 0.29) is 5.25 Å². The number of hydrogen-bond acceptors (Lipinski definition) is 7. The molecule has 0 spiro atoms. The van der Waals surface area contributed by atoms with Gasteiger partial charge in [0.1, 0.15) is 0 Å². The van der Waals surface area contributed by atoms with E-state index >= 15 is 0 Å². The second-order valence-corrected chi connectivity index (χ2v) is 8.60. The van der Waals surface area contributed by atoms with Crippen LogP contribution in [0.15, 0.2) is 33.9 Å². The van der Waals surface area contributed by atoms with Gasteiger partial charge in [-0.25, -0.2) is 0 Å². The van der Waals surface area contributed by atoms with Gasteiger partial charge in [0.05, 0.1) is 10.9 Å². The molecule has 7 nitrogen and oxygen atoms in total. The lowest BCUT2D eigenvalue weighted by Gasteiger charge is -2.19.